The Morgan fingerprint density at radius 3 is 2.59 bits per heavy atom. The van der Waals surface area contributed by atoms with Crippen molar-refractivity contribution in [2.24, 2.45) is 5.41 Å². The van der Waals surface area contributed by atoms with Gasteiger partial charge >= 0.3 is 0 Å². The minimum absolute atomic E-state index is 0.411. The molecule has 1 aliphatic heterocycles. The Bertz CT molecular complexity index is 993. The van der Waals surface area contributed by atoms with Crippen LogP contribution in [0.3, 0.4) is 0 Å². The second kappa shape index (κ2) is 11.4. The van der Waals surface area contributed by atoms with E-state index < -0.39 is 5.41 Å². The Balaban J connectivity index is 1.41. The molecule has 0 atom stereocenters. The van der Waals surface area contributed by atoms with E-state index in [1.807, 2.05) is 24.3 Å². The number of ether oxygens (including phenoxy) is 1. The molecule has 182 valence electrons. The fraction of sp³-hybridized carbons (Fsp3) is 0.577. The largest absolute Gasteiger partial charge is 0.381 e. The van der Waals surface area contributed by atoms with Crippen molar-refractivity contribution in [2.75, 3.05) is 30.4 Å². The van der Waals surface area contributed by atoms with Gasteiger partial charge < -0.3 is 20.7 Å². The lowest BCUT2D eigenvalue weighted by Crippen LogP contribution is -2.40. The minimum Gasteiger partial charge on any atom is -0.381 e. The highest BCUT2D eigenvalue weighted by atomic mass is 35.5. The lowest BCUT2D eigenvalue weighted by Gasteiger charge is -2.31. The van der Waals surface area contributed by atoms with E-state index in [9.17, 15) is 5.26 Å². The van der Waals surface area contributed by atoms with Gasteiger partial charge in [0.05, 0.1) is 22.2 Å². The first-order chi connectivity index (χ1) is 16.5. The predicted molar refractivity (Wildman–Crippen MR) is 137 cm³/mol. The summed E-state index contributed by atoms with van der Waals surface area (Å²) in [5.41, 5.74) is 1.22. The molecule has 1 saturated carbocycles. The van der Waals surface area contributed by atoms with E-state index in [0.717, 1.165) is 48.6 Å². The normalized spacial score (nSPS) is 22.2. The van der Waals surface area contributed by atoms with E-state index in [1.165, 1.54) is 12.8 Å². The summed E-state index contributed by atoms with van der Waals surface area (Å²) in [6.45, 7) is 6.21. The van der Waals surface area contributed by atoms with E-state index in [0.29, 0.717) is 42.9 Å². The molecule has 3 heterocycles. The van der Waals surface area contributed by atoms with Gasteiger partial charge in [0.2, 0.25) is 0 Å². The predicted octanol–water partition coefficient (Wildman–Crippen LogP) is 5.25. The molecular weight excluding hydrogens is 448 g/mol. The van der Waals surface area contributed by atoms with Crippen molar-refractivity contribution in [2.45, 2.75) is 70.5 Å². The van der Waals surface area contributed by atoms with E-state index in [2.05, 4.69) is 40.9 Å². The molecule has 0 amide bonds. The molecule has 1 aliphatic carbocycles. The van der Waals surface area contributed by atoms with Crippen LogP contribution in [0.25, 0.3) is 11.3 Å². The molecule has 34 heavy (non-hydrogen) atoms. The molecule has 8 heteroatoms. The molecular formula is C26H35ClN6O. The van der Waals surface area contributed by atoms with Crippen LogP contribution in [0.5, 0.6) is 0 Å². The van der Waals surface area contributed by atoms with Crippen LogP contribution in [0.2, 0.25) is 5.02 Å². The summed E-state index contributed by atoms with van der Waals surface area (Å²) >= 11 is 6.52. The Hall–Kier alpha value is -2.40. The topological polar surface area (TPSA) is 94.9 Å². The Morgan fingerprint density at radius 1 is 1.15 bits per heavy atom. The summed E-state index contributed by atoms with van der Waals surface area (Å²) in [5.74, 6) is 1.56. The van der Waals surface area contributed by atoms with Gasteiger partial charge in [0.15, 0.2) is 0 Å². The van der Waals surface area contributed by atoms with Gasteiger partial charge in [-0.25, -0.2) is 9.97 Å². The van der Waals surface area contributed by atoms with Gasteiger partial charge in [0, 0.05) is 49.6 Å². The van der Waals surface area contributed by atoms with E-state index in [4.69, 9.17) is 21.3 Å². The van der Waals surface area contributed by atoms with Crippen molar-refractivity contribution in [3.63, 3.8) is 0 Å². The number of halogens is 1. The monoisotopic (exact) mass is 482 g/mol. The average Bonchev–Trinajstić information content (AvgIpc) is 2.85. The number of hydrogen-bond acceptors (Lipinski definition) is 7. The molecule has 2 fully saturated rings. The van der Waals surface area contributed by atoms with Gasteiger partial charge in [-0.1, -0.05) is 31.5 Å². The van der Waals surface area contributed by atoms with Crippen molar-refractivity contribution in [3.8, 4) is 17.3 Å². The zero-order valence-corrected chi connectivity index (χ0v) is 20.9. The van der Waals surface area contributed by atoms with Crippen LogP contribution in [0.4, 0.5) is 11.6 Å². The second-order valence-electron chi connectivity index (χ2n) is 9.83. The van der Waals surface area contributed by atoms with Crippen LogP contribution < -0.4 is 16.0 Å². The summed E-state index contributed by atoms with van der Waals surface area (Å²) in [5, 5.41) is 20.9. The fourth-order valence-corrected chi connectivity index (χ4v) is 5.03. The van der Waals surface area contributed by atoms with Gasteiger partial charge in [-0.05, 0) is 56.7 Å². The Kier molecular flexibility index (Phi) is 8.25. The molecule has 4 rings (SSSR count). The van der Waals surface area contributed by atoms with Crippen molar-refractivity contribution in [1.29, 1.82) is 5.26 Å². The summed E-state index contributed by atoms with van der Waals surface area (Å²) in [6, 6.07) is 11.8. The van der Waals surface area contributed by atoms with Gasteiger partial charge in [0.1, 0.15) is 11.6 Å². The first-order valence-corrected chi connectivity index (χ1v) is 12.7. The highest BCUT2D eigenvalue weighted by Gasteiger charge is 2.32. The number of nitrogens with one attached hydrogen (secondary N) is 3. The van der Waals surface area contributed by atoms with Gasteiger partial charge in [-0.3, -0.25) is 0 Å². The maximum absolute atomic E-state index is 9.71. The molecule has 0 spiro atoms. The second-order valence-corrected chi connectivity index (χ2v) is 10.2. The van der Waals surface area contributed by atoms with Gasteiger partial charge in [0.25, 0.3) is 0 Å². The van der Waals surface area contributed by atoms with Crippen molar-refractivity contribution < 1.29 is 4.74 Å². The first-order valence-electron chi connectivity index (χ1n) is 12.3. The van der Waals surface area contributed by atoms with E-state index >= 15 is 0 Å². The maximum atomic E-state index is 9.71. The molecule has 3 N–H and O–H groups in total. The number of nitriles is 1. The van der Waals surface area contributed by atoms with Crippen LogP contribution >= 0.6 is 11.6 Å². The van der Waals surface area contributed by atoms with Crippen LogP contribution in [-0.2, 0) is 4.74 Å². The molecule has 2 aromatic rings. The Morgan fingerprint density at radius 2 is 1.88 bits per heavy atom. The number of rotatable bonds is 8. The van der Waals surface area contributed by atoms with Crippen molar-refractivity contribution >= 4 is 23.2 Å². The zero-order chi connectivity index (χ0) is 24.0. The van der Waals surface area contributed by atoms with Crippen LogP contribution in [0.15, 0.2) is 30.5 Å². The molecule has 2 aromatic heterocycles. The number of pyridine rings is 2. The van der Waals surface area contributed by atoms with E-state index in [-0.39, 0.29) is 0 Å². The lowest BCUT2D eigenvalue weighted by atomic mass is 9.82. The minimum atomic E-state index is -0.412. The molecule has 7 nitrogen and oxygen atoms in total. The molecule has 0 aromatic carbocycles. The number of anilines is 2. The molecule has 0 unspecified atom stereocenters. The molecule has 0 radical (unpaired) electrons. The third-order valence-corrected chi connectivity index (χ3v) is 7.12. The van der Waals surface area contributed by atoms with Crippen LogP contribution in [0, 0.1) is 16.7 Å². The summed E-state index contributed by atoms with van der Waals surface area (Å²) in [4.78, 5) is 9.30. The van der Waals surface area contributed by atoms with Crippen LogP contribution in [-0.4, -0.2) is 47.9 Å². The van der Waals surface area contributed by atoms with Gasteiger partial charge in [-0.2, -0.15) is 5.26 Å². The number of hydrogen-bond donors (Lipinski definition) is 3. The third kappa shape index (κ3) is 6.38. The van der Waals surface area contributed by atoms with Crippen molar-refractivity contribution in [1.82, 2.24) is 15.3 Å². The Labute approximate surface area is 207 Å². The molecule has 0 bridgehead atoms. The van der Waals surface area contributed by atoms with E-state index in [1.54, 1.807) is 6.20 Å². The lowest BCUT2D eigenvalue weighted by molar-refractivity contribution is 0.0455. The molecule has 1 saturated heterocycles. The average molecular weight is 483 g/mol. The standard InChI is InChI=1S/C26H35ClN6O/c1-18(2)31-19-6-8-20(9-7-19)32-25-14-21(22(27)15-29-25)23-4-3-5-24(33-23)30-17-26(16-28)10-12-34-13-11-26/h3-5,14-15,18-20,31H,6-13,17H2,1-2H3,(H,29,32)(H,30,33)/t19-,20-. The quantitative estimate of drug-likeness (QED) is 0.472. The maximum Gasteiger partial charge on any atom is 0.126 e. The number of nitrogens with zero attached hydrogens (tertiary/aromatic N) is 3. The van der Waals surface area contributed by atoms with Crippen LogP contribution in [0.1, 0.15) is 52.4 Å². The smallest absolute Gasteiger partial charge is 0.126 e. The summed E-state index contributed by atoms with van der Waals surface area (Å²) in [6.07, 6.45) is 7.73. The number of aromatic nitrogens is 2. The summed E-state index contributed by atoms with van der Waals surface area (Å²) in [7, 11) is 0. The first kappa shape index (κ1) is 24.7. The zero-order valence-electron chi connectivity index (χ0n) is 20.1. The fourth-order valence-electron chi connectivity index (χ4n) is 4.83. The molecule has 2 aliphatic rings. The SMILES string of the molecule is CC(C)N[C@H]1CC[C@H](Nc2cc(-c3cccc(NCC4(C#N)CCOCC4)n3)c(Cl)cn2)CC1. The third-order valence-electron chi connectivity index (χ3n) is 6.82. The van der Waals surface area contributed by atoms with Crippen molar-refractivity contribution in [3.05, 3.63) is 35.5 Å². The highest BCUT2D eigenvalue weighted by molar-refractivity contribution is 6.33. The summed E-state index contributed by atoms with van der Waals surface area (Å²) < 4.78 is 5.43. The van der Waals surface area contributed by atoms with Gasteiger partial charge in [-0.15, -0.1) is 0 Å². The highest BCUT2D eigenvalue weighted by Crippen LogP contribution is 2.32.